The van der Waals surface area contributed by atoms with Crippen molar-refractivity contribution in [3.63, 3.8) is 0 Å². The minimum absolute atomic E-state index is 0.0276. The molecule has 1 heterocycles. The molecule has 3 N–H and O–H groups in total. The number of carbonyl (C=O) groups is 1. The highest BCUT2D eigenvalue weighted by atomic mass is 16.1. The number of nitrogens with two attached hydrogens (primary N) is 1. The van der Waals surface area contributed by atoms with Crippen molar-refractivity contribution in [3.8, 4) is 0 Å². The van der Waals surface area contributed by atoms with Crippen molar-refractivity contribution in [3.05, 3.63) is 36.2 Å². The second kappa shape index (κ2) is 6.57. The maximum atomic E-state index is 12.0. The number of nitrogens with zero attached hydrogens (tertiary/aromatic N) is 1. The number of hydrogen-bond acceptors (Lipinski definition) is 3. The molecule has 1 aliphatic heterocycles. The predicted molar refractivity (Wildman–Crippen MR) is 77.1 cm³/mol. The molecule has 0 aromatic heterocycles. The Balaban J connectivity index is 1.99. The van der Waals surface area contributed by atoms with Crippen molar-refractivity contribution in [1.29, 1.82) is 0 Å². The van der Waals surface area contributed by atoms with Crippen molar-refractivity contribution in [1.82, 2.24) is 10.2 Å². The maximum absolute atomic E-state index is 12.0. The van der Waals surface area contributed by atoms with Crippen LogP contribution >= 0.6 is 0 Å². The van der Waals surface area contributed by atoms with Crippen LogP contribution in [0.4, 0.5) is 0 Å². The number of nitrogens with one attached hydrogen (secondary N) is 1. The van der Waals surface area contributed by atoms with Crippen LogP contribution in [0, 0.1) is 0 Å². The van der Waals surface area contributed by atoms with Gasteiger partial charge >= 0.3 is 0 Å². The molecule has 0 radical (unpaired) electrons. The van der Waals surface area contributed by atoms with Gasteiger partial charge in [-0.25, -0.2) is 0 Å². The van der Waals surface area contributed by atoms with Crippen LogP contribution in [0.2, 0.25) is 0 Å². The topological polar surface area (TPSA) is 58.4 Å². The molecular weight excluding hydrogens is 238 g/mol. The average molecular weight is 261 g/mol. The van der Waals surface area contributed by atoms with Gasteiger partial charge in [0.2, 0.25) is 0 Å². The van der Waals surface area contributed by atoms with Crippen LogP contribution in [-0.4, -0.2) is 29.9 Å². The lowest BCUT2D eigenvalue weighted by Gasteiger charge is -2.30. The maximum Gasteiger partial charge on any atom is 0.252 e. The van der Waals surface area contributed by atoms with E-state index >= 15 is 0 Å². The normalized spacial score (nSPS) is 19.7. The highest BCUT2D eigenvalue weighted by molar-refractivity contribution is 5.96. The third-order valence-electron chi connectivity index (χ3n) is 3.71. The van der Waals surface area contributed by atoms with Gasteiger partial charge in [-0.05, 0) is 38.0 Å². The summed E-state index contributed by atoms with van der Waals surface area (Å²) < 4.78 is 0. The van der Waals surface area contributed by atoms with Crippen molar-refractivity contribution >= 4 is 5.91 Å². The number of allylic oxidation sites excluding steroid dienone is 1. The fourth-order valence-corrected chi connectivity index (χ4v) is 2.61. The van der Waals surface area contributed by atoms with Crippen molar-refractivity contribution in [2.24, 2.45) is 5.73 Å². The van der Waals surface area contributed by atoms with Crippen LogP contribution in [0.25, 0.3) is 0 Å². The number of carbonyl (C=O) groups excluding carboxylic acids is 1. The Morgan fingerprint density at radius 2 is 2.16 bits per heavy atom. The lowest BCUT2D eigenvalue weighted by molar-refractivity contribution is -0.117. The molecule has 2 aliphatic rings. The summed E-state index contributed by atoms with van der Waals surface area (Å²) in [4.78, 5) is 14.2. The monoisotopic (exact) mass is 261 g/mol. The Bertz CT molecular complexity index is 406. The number of rotatable bonds is 5. The summed E-state index contributed by atoms with van der Waals surface area (Å²) in [6, 6.07) is 0.504. The van der Waals surface area contributed by atoms with Gasteiger partial charge < -0.3 is 16.0 Å². The third kappa shape index (κ3) is 3.47. The molecule has 0 bridgehead atoms. The summed E-state index contributed by atoms with van der Waals surface area (Å²) in [5.74, 6) is -0.0276. The van der Waals surface area contributed by atoms with Crippen LogP contribution < -0.4 is 11.1 Å². The lowest BCUT2D eigenvalue weighted by atomic mass is 10.1. The van der Waals surface area contributed by atoms with E-state index in [-0.39, 0.29) is 5.91 Å². The molecule has 0 atom stereocenters. The first-order valence-corrected chi connectivity index (χ1v) is 7.08. The van der Waals surface area contributed by atoms with E-state index in [0.717, 1.165) is 12.1 Å². The molecule has 1 fully saturated rings. The van der Waals surface area contributed by atoms with Gasteiger partial charge in [0.25, 0.3) is 5.91 Å². The predicted octanol–water partition coefficient (Wildman–Crippen LogP) is 1.66. The van der Waals surface area contributed by atoms with Gasteiger partial charge in [0.1, 0.15) is 0 Å². The molecule has 0 unspecified atom stereocenters. The average Bonchev–Trinajstić information content (AvgIpc) is 2.93. The Labute approximate surface area is 115 Å². The van der Waals surface area contributed by atoms with E-state index in [1.807, 2.05) is 18.4 Å². The minimum atomic E-state index is -0.0276. The van der Waals surface area contributed by atoms with E-state index in [4.69, 9.17) is 5.73 Å². The van der Waals surface area contributed by atoms with Crippen molar-refractivity contribution in [2.75, 3.05) is 13.1 Å². The van der Waals surface area contributed by atoms with Gasteiger partial charge in [-0.15, -0.1) is 0 Å². The molecule has 1 amide bonds. The molecule has 0 spiro atoms. The minimum Gasteiger partial charge on any atom is -0.352 e. The zero-order chi connectivity index (χ0) is 13.7. The van der Waals surface area contributed by atoms with E-state index in [9.17, 15) is 4.79 Å². The Morgan fingerprint density at radius 3 is 2.84 bits per heavy atom. The highest BCUT2D eigenvalue weighted by Crippen LogP contribution is 2.29. The number of hydrogen-bond donors (Lipinski definition) is 2. The quantitative estimate of drug-likeness (QED) is 0.740. The van der Waals surface area contributed by atoms with Gasteiger partial charge in [0.05, 0.1) is 5.57 Å². The zero-order valence-corrected chi connectivity index (χ0v) is 11.4. The largest absolute Gasteiger partial charge is 0.352 e. The van der Waals surface area contributed by atoms with Crippen LogP contribution in [0.3, 0.4) is 0 Å². The van der Waals surface area contributed by atoms with Crippen LogP contribution in [0.15, 0.2) is 36.2 Å². The Hall–Kier alpha value is -1.55. The van der Waals surface area contributed by atoms with Crippen LogP contribution in [-0.2, 0) is 4.79 Å². The van der Waals surface area contributed by atoms with Crippen LogP contribution in [0.5, 0.6) is 0 Å². The Morgan fingerprint density at radius 1 is 1.42 bits per heavy atom. The van der Waals surface area contributed by atoms with Crippen molar-refractivity contribution in [2.45, 2.75) is 38.1 Å². The fourth-order valence-electron chi connectivity index (χ4n) is 2.61. The molecule has 0 aromatic rings. The van der Waals surface area contributed by atoms with Crippen LogP contribution in [0.1, 0.15) is 32.1 Å². The van der Waals surface area contributed by atoms with E-state index in [1.165, 1.54) is 25.7 Å². The molecule has 104 valence electrons. The molecule has 19 heavy (non-hydrogen) atoms. The van der Waals surface area contributed by atoms with Gasteiger partial charge in [-0.3, -0.25) is 4.79 Å². The molecule has 4 heteroatoms. The second-order valence-electron chi connectivity index (χ2n) is 5.15. The van der Waals surface area contributed by atoms with Gasteiger partial charge in [0.15, 0.2) is 0 Å². The Kier molecular flexibility index (Phi) is 4.80. The van der Waals surface area contributed by atoms with E-state index in [0.29, 0.717) is 24.7 Å². The first kappa shape index (κ1) is 13.9. The molecule has 4 nitrogen and oxygen atoms in total. The third-order valence-corrected chi connectivity index (χ3v) is 3.71. The summed E-state index contributed by atoms with van der Waals surface area (Å²) >= 11 is 0. The van der Waals surface area contributed by atoms with Gasteiger partial charge in [0, 0.05) is 24.5 Å². The summed E-state index contributed by atoms with van der Waals surface area (Å²) in [5.41, 5.74) is 7.10. The molecule has 0 saturated heterocycles. The van der Waals surface area contributed by atoms with Gasteiger partial charge in [-0.2, -0.15) is 0 Å². The molecular formula is C15H23N3O. The summed E-state index contributed by atoms with van der Waals surface area (Å²) in [6.45, 7) is 5.28. The molecule has 0 aromatic carbocycles. The second-order valence-corrected chi connectivity index (χ2v) is 5.15. The molecule has 2 rings (SSSR count). The molecule has 1 saturated carbocycles. The first-order valence-electron chi connectivity index (χ1n) is 7.08. The lowest BCUT2D eigenvalue weighted by Crippen LogP contribution is -2.32. The standard InChI is InChI=1S/C15H23N3O/c1-12-7-8-13(15(19)17-10-4-9-16)11-18(12)14-5-2-3-6-14/h7-8,11,14H,1-6,9-10,16H2,(H,17,19). The SMILES string of the molecule is C=C1C=CC(C(=O)NCCCN)=CN1C1CCCC1. The summed E-state index contributed by atoms with van der Waals surface area (Å²) in [7, 11) is 0. The first-order chi connectivity index (χ1) is 9.22. The van der Waals surface area contributed by atoms with E-state index in [2.05, 4.69) is 16.8 Å². The number of amides is 1. The smallest absolute Gasteiger partial charge is 0.252 e. The summed E-state index contributed by atoms with van der Waals surface area (Å²) in [5, 5.41) is 2.88. The zero-order valence-electron chi connectivity index (χ0n) is 11.4. The molecule has 1 aliphatic carbocycles. The summed E-state index contributed by atoms with van der Waals surface area (Å²) in [6.07, 6.45) is 11.4. The highest BCUT2D eigenvalue weighted by Gasteiger charge is 2.24. The van der Waals surface area contributed by atoms with Gasteiger partial charge in [-0.1, -0.05) is 19.4 Å². The van der Waals surface area contributed by atoms with E-state index in [1.54, 1.807) is 0 Å². The van der Waals surface area contributed by atoms with Crippen molar-refractivity contribution < 1.29 is 4.79 Å². The fraction of sp³-hybridized carbons (Fsp3) is 0.533. The van der Waals surface area contributed by atoms with E-state index < -0.39 is 0 Å².